The van der Waals surface area contributed by atoms with Gasteiger partial charge in [0.15, 0.2) is 0 Å². The predicted octanol–water partition coefficient (Wildman–Crippen LogP) is 13.6. The number of unbranched alkanes of at least 4 members (excludes halogenated alkanes) is 10. The second-order valence-corrected chi connectivity index (χ2v) is 13.7. The minimum Gasteiger partial charge on any atom is -0.348 e. The second-order valence-electron chi connectivity index (χ2n) is 13.7. The first-order chi connectivity index (χ1) is 22.5. The summed E-state index contributed by atoms with van der Waals surface area (Å²) in [7, 11) is 0. The van der Waals surface area contributed by atoms with E-state index in [2.05, 4.69) is 88.6 Å². The first-order valence-corrected chi connectivity index (χ1v) is 19.5. The smallest absolute Gasteiger partial charge is 0.303 e. The first-order valence-electron chi connectivity index (χ1n) is 19.5. The summed E-state index contributed by atoms with van der Waals surface area (Å²) in [6, 6.07) is 15.0. The van der Waals surface area contributed by atoms with E-state index in [0.29, 0.717) is 0 Å². The van der Waals surface area contributed by atoms with Crippen molar-refractivity contribution in [2.75, 3.05) is 0 Å². The van der Waals surface area contributed by atoms with Gasteiger partial charge in [0.25, 0.3) is 0 Å². The summed E-state index contributed by atoms with van der Waals surface area (Å²) in [6.45, 7) is 13.7. The van der Waals surface area contributed by atoms with Gasteiger partial charge in [-0.2, -0.15) is 0 Å². The molecule has 2 nitrogen and oxygen atoms in total. The monoisotopic (exact) mass is 625 g/mol. The summed E-state index contributed by atoms with van der Waals surface area (Å²) in [6.07, 6.45) is 25.8. The van der Waals surface area contributed by atoms with Crippen molar-refractivity contribution in [2.45, 2.75) is 183 Å². The molecule has 0 aliphatic heterocycles. The zero-order valence-corrected chi connectivity index (χ0v) is 30.9. The van der Waals surface area contributed by atoms with Gasteiger partial charge in [-0.25, -0.2) is 0 Å². The van der Waals surface area contributed by atoms with Gasteiger partial charge in [0.1, 0.15) is 0 Å². The van der Waals surface area contributed by atoms with Crippen LogP contribution in [-0.4, -0.2) is 10.7 Å². The number of hydrogen-bond donors (Lipinski definition) is 0. The Bertz CT molecular complexity index is 1200. The van der Waals surface area contributed by atoms with Crippen molar-refractivity contribution in [1.29, 1.82) is 0 Å². The fourth-order valence-corrected chi connectivity index (χ4v) is 6.67. The van der Waals surface area contributed by atoms with Crippen molar-refractivity contribution >= 4 is 11.4 Å². The Balaban J connectivity index is 2.97. The molecule has 2 aromatic rings. The maximum Gasteiger partial charge on any atom is 0.303 e. The molecule has 0 aromatic heterocycles. The molecule has 0 saturated carbocycles. The third-order valence-corrected chi connectivity index (χ3v) is 9.37. The highest BCUT2D eigenvalue weighted by Gasteiger charge is 2.20. The van der Waals surface area contributed by atoms with Gasteiger partial charge in [0.2, 0.25) is 0 Å². The third-order valence-electron chi connectivity index (χ3n) is 9.37. The van der Waals surface area contributed by atoms with Crippen LogP contribution < -0.4 is 0 Å². The molecule has 0 N–H and O–H groups in total. The van der Waals surface area contributed by atoms with Gasteiger partial charge in [0.05, 0.1) is 5.57 Å². The van der Waals surface area contributed by atoms with E-state index in [1.165, 1.54) is 128 Å². The van der Waals surface area contributed by atoms with Crippen LogP contribution in [0.4, 0.5) is 0 Å². The number of benzene rings is 2. The van der Waals surface area contributed by atoms with Gasteiger partial charge in [-0.05, 0) is 122 Å². The summed E-state index contributed by atoms with van der Waals surface area (Å²) in [5.74, 6) is 3.14. The average Bonchev–Trinajstić information content (AvgIpc) is 3.06. The maximum absolute atomic E-state index is 9.92. The fraction of sp³-hybridized carbons (Fsp3) is 0.636. The molecule has 254 valence electrons. The topological polar surface area (TPSA) is 36.4 Å². The van der Waals surface area contributed by atoms with Gasteiger partial charge >= 0.3 is 5.87 Å². The fourth-order valence-electron chi connectivity index (χ4n) is 6.67. The van der Waals surface area contributed by atoms with Crippen LogP contribution in [0.5, 0.6) is 0 Å². The number of allylic oxidation sites excluding steroid dienone is 2. The van der Waals surface area contributed by atoms with E-state index in [1.54, 1.807) is 0 Å². The number of rotatable bonds is 25. The molecule has 0 aliphatic carbocycles. The Labute approximate surface area is 284 Å². The van der Waals surface area contributed by atoms with Crippen LogP contribution in [0.3, 0.4) is 0 Å². The van der Waals surface area contributed by atoms with Gasteiger partial charge < -0.3 is 5.53 Å². The minimum absolute atomic E-state index is 0.907. The molecule has 0 spiro atoms. The van der Waals surface area contributed by atoms with E-state index in [1.807, 2.05) is 0 Å². The molecule has 0 bridgehead atoms. The summed E-state index contributed by atoms with van der Waals surface area (Å²) < 4.78 is 0. The Kier molecular flexibility index (Phi) is 21.1. The summed E-state index contributed by atoms with van der Waals surface area (Å²) in [5, 5.41) is 0. The molecule has 0 radical (unpaired) electrons. The van der Waals surface area contributed by atoms with E-state index in [4.69, 9.17) is 0 Å². The lowest BCUT2D eigenvalue weighted by Gasteiger charge is -2.21. The van der Waals surface area contributed by atoms with Gasteiger partial charge in [0, 0.05) is 0 Å². The van der Waals surface area contributed by atoms with E-state index in [0.717, 1.165) is 63.4 Å². The normalized spacial score (nSPS) is 11.7. The molecule has 2 rings (SSSR count). The van der Waals surface area contributed by atoms with Gasteiger partial charge in [-0.15, -0.1) is 4.79 Å². The Morgan fingerprint density at radius 3 is 1.30 bits per heavy atom. The summed E-state index contributed by atoms with van der Waals surface area (Å²) in [5.41, 5.74) is 22.3. The molecule has 46 heavy (non-hydrogen) atoms. The maximum atomic E-state index is 9.92. The Hall–Kier alpha value is -2.66. The molecule has 2 aromatic carbocycles. The van der Waals surface area contributed by atoms with Crippen molar-refractivity contribution in [3.05, 3.63) is 86.5 Å². The summed E-state index contributed by atoms with van der Waals surface area (Å²) >= 11 is 0. The molecule has 2 heteroatoms. The van der Waals surface area contributed by atoms with E-state index in [9.17, 15) is 5.53 Å². The largest absolute Gasteiger partial charge is 0.348 e. The number of hydrogen-bond acceptors (Lipinski definition) is 0. The highest BCUT2D eigenvalue weighted by atomic mass is 14.8. The van der Waals surface area contributed by atoms with Crippen molar-refractivity contribution in [1.82, 2.24) is 0 Å². The van der Waals surface area contributed by atoms with Crippen LogP contribution in [0.25, 0.3) is 11.1 Å². The van der Waals surface area contributed by atoms with E-state index >= 15 is 0 Å². The van der Waals surface area contributed by atoms with Crippen LogP contribution in [0.1, 0.15) is 190 Å². The lowest BCUT2D eigenvalue weighted by Crippen LogP contribution is -2.04. The summed E-state index contributed by atoms with van der Waals surface area (Å²) in [4.78, 5) is 3.56. The van der Waals surface area contributed by atoms with Crippen molar-refractivity contribution in [3.8, 4) is 0 Å². The average molecular weight is 625 g/mol. The van der Waals surface area contributed by atoms with Crippen LogP contribution in [-0.2, 0) is 25.7 Å². The van der Waals surface area contributed by atoms with Gasteiger partial charge in [-0.3, -0.25) is 0 Å². The molecule has 0 saturated heterocycles. The molecule has 0 unspecified atom stereocenters. The molecule has 0 atom stereocenters. The van der Waals surface area contributed by atoms with E-state index in [-0.39, 0.29) is 0 Å². The van der Waals surface area contributed by atoms with Crippen LogP contribution >= 0.6 is 0 Å². The molecular weight excluding hydrogens is 556 g/mol. The molecule has 0 aliphatic rings. The molecular formula is C44H68N2. The zero-order chi connectivity index (χ0) is 33.4. The Morgan fingerprint density at radius 1 is 0.478 bits per heavy atom. The first kappa shape index (κ1) is 39.5. The van der Waals surface area contributed by atoms with Crippen molar-refractivity contribution < 1.29 is 4.79 Å². The number of aryl methyl sites for hydroxylation is 4. The van der Waals surface area contributed by atoms with E-state index < -0.39 is 0 Å². The van der Waals surface area contributed by atoms with Crippen molar-refractivity contribution in [3.63, 3.8) is 0 Å². The van der Waals surface area contributed by atoms with Crippen LogP contribution in [0.15, 0.2) is 47.5 Å². The third kappa shape index (κ3) is 14.4. The minimum atomic E-state index is 0.907. The lowest BCUT2D eigenvalue weighted by molar-refractivity contribution is 0.00739. The highest BCUT2D eigenvalue weighted by molar-refractivity contribution is 5.87. The Morgan fingerprint density at radius 2 is 0.891 bits per heavy atom. The molecule has 0 amide bonds. The van der Waals surface area contributed by atoms with Crippen LogP contribution in [0.2, 0.25) is 0 Å². The quantitative estimate of drug-likeness (QED) is 0.0346. The number of nitrogens with zero attached hydrogens (tertiary/aromatic N) is 2. The predicted molar refractivity (Wildman–Crippen MR) is 203 cm³/mol. The molecule has 0 heterocycles. The highest BCUT2D eigenvalue weighted by Crippen LogP contribution is 2.37. The van der Waals surface area contributed by atoms with Crippen LogP contribution in [0, 0.1) is 0 Å². The molecule has 0 fully saturated rings. The lowest BCUT2D eigenvalue weighted by atomic mass is 9.82. The standard InChI is InChI=1S/C44H68N2/c1-7-13-19-22-27-40(35-46-45)43(28-18-12-6)44(41-31-36(23-16-10-4)29-37(32-41)24-17-11-5)42-33-38(25-20-14-8-2)30-39(34-42)26-21-15-9-3/h29-34H,7-28H2,1-6H3. The van der Waals surface area contributed by atoms with Gasteiger partial charge in [-0.1, -0.05) is 142 Å². The second kappa shape index (κ2) is 24.5. The van der Waals surface area contributed by atoms with Crippen molar-refractivity contribution in [2.24, 2.45) is 0 Å². The zero-order valence-electron chi connectivity index (χ0n) is 30.9. The SMILES string of the molecule is CCCCCCC(=C=[N+]=[N-])C(CCCC)=C(c1cc(CCCC)cc(CCCC)c1)c1cc(CCCCC)cc(CCCCC)c1.